The molecule has 0 radical (unpaired) electrons. The van der Waals surface area contributed by atoms with E-state index in [2.05, 4.69) is 65.6 Å². The number of hydrogen-bond donors (Lipinski definition) is 1. The Morgan fingerprint density at radius 1 is 0.583 bits per heavy atom. The van der Waals surface area contributed by atoms with E-state index in [0.717, 1.165) is 16.7 Å². The van der Waals surface area contributed by atoms with E-state index in [9.17, 15) is 0 Å². The molecule has 0 saturated carbocycles. The monoisotopic (exact) mass is 307 g/mol. The van der Waals surface area contributed by atoms with E-state index in [1.165, 1.54) is 37.8 Å². The molecule has 6 aromatic rings. The number of furan rings is 1. The SMILES string of the molecule is c1ccc2c(c1)ccc1[nH]c3cc4oc5ccccc5c4cc3c12. The van der Waals surface area contributed by atoms with Crippen LogP contribution in [0.5, 0.6) is 0 Å². The van der Waals surface area contributed by atoms with Crippen LogP contribution < -0.4 is 0 Å². The minimum atomic E-state index is 0.930. The largest absolute Gasteiger partial charge is 0.456 e. The molecule has 2 aromatic heterocycles. The highest BCUT2D eigenvalue weighted by atomic mass is 16.3. The summed E-state index contributed by atoms with van der Waals surface area (Å²) in [6.45, 7) is 0. The van der Waals surface area contributed by atoms with Gasteiger partial charge in [0, 0.05) is 33.1 Å². The summed E-state index contributed by atoms with van der Waals surface area (Å²) >= 11 is 0. The Labute approximate surface area is 137 Å². The van der Waals surface area contributed by atoms with Gasteiger partial charge in [-0.05, 0) is 29.0 Å². The molecule has 0 atom stereocenters. The molecule has 2 nitrogen and oxygen atoms in total. The van der Waals surface area contributed by atoms with Crippen molar-refractivity contribution in [3.8, 4) is 0 Å². The molecule has 24 heavy (non-hydrogen) atoms. The molecule has 6 rings (SSSR count). The normalized spacial score (nSPS) is 12.2. The number of nitrogens with one attached hydrogen (secondary N) is 1. The van der Waals surface area contributed by atoms with Crippen LogP contribution in [0, 0.1) is 0 Å². The minimum Gasteiger partial charge on any atom is -0.456 e. The number of rotatable bonds is 0. The summed E-state index contributed by atoms with van der Waals surface area (Å²) in [5.41, 5.74) is 4.16. The quantitative estimate of drug-likeness (QED) is 0.347. The van der Waals surface area contributed by atoms with Crippen molar-refractivity contribution in [2.24, 2.45) is 0 Å². The van der Waals surface area contributed by atoms with Crippen LogP contribution in [0.25, 0.3) is 54.5 Å². The smallest absolute Gasteiger partial charge is 0.137 e. The van der Waals surface area contributed by atoms with Crippen molar-refractivity contribution in [1.29, 1.82) is 0 Å². The van der Waals surface area contributed by atoms with Gasteiger partial charge in [0.1, 0.15) is 11.2 Å². The van der Waals surface area contributed by atoms with E-state index in [1.807, 2.05) is 12.1 Å². The van der Waals surface area contributed by atoms with Gasteiger partial charge in [0.15, 0.2) is 0 Å². The van der Waals surface area contributed by atoms with Crippen molar-refractivity contribution in [1.82, 2.24) is 4.98 Å². The van der Waals surface area contributed by atoms with Gasteiger partial charge in [-0.1, -0.05) is 48.5 Å². The van der Waals surface area contributed by atoms with E-state index in [1.54, 1.807) is 0 Å². The highest BCUT2D eigenvalue weighted by Crippen LogP contribution is 2.37. The molecule has 0 saturated heterocycles. The average Bonchev–Trinajstić information content (AvgIpc) is 3.17. The zero-order valence-corrected chi connectivity index (χ0v) is 12.8. The standard InChI is InChI=1S/C22H13NO/c1-2-6-14-13(5-1)9-10-18-22(14)17-11-16-15-7-3-4-8-20(15)24-21(16)12-19(17)23-18/h1-12,23H. The first-order chi connectivity index (χ1) is 11.9. The maximum absolute atomic E-state index is 6.02. The van der Waals surface area contributed by atoms with Crippen LogP contribution >= 0.6 is 0 Å². The van der Waals surface area contributed by atoms with Gasteiger partial charge in [0.2, 0.25) is 0 Å². The molecular weight excluding hydrogens is 294 g/mol. The second-order valence-electron chi connectivity index (χ2n) is 6.33. The van der Waals surface area contributed by atoms with Crippen LogP contribution in [-0.4, -0.2) is 4.98 Å². The molecule has 2 heterocycles. The lowest BCUT2D eigenvalue weighted by Gasteiger charge is -2.00. The Hall–Kier alpha value is -3.26. The third kappa shape index (κ3) is 1.45. The third-order valence-corrected chi connectivity index (χ3v) is 4.98. The van der Waals surface area contributed by atoms with Crippen molar-refractivity contribution in [3.63, 3.8) is 0 Å². The van der Waals surface area contributed by atoms with Crippen molar-refractivity contribution in [2.45, 2.75) is 0 Å². The number of aromatic amines is 1. The van der Waals surface area contributed by atoms with Gasteiger partial charge in [-0.15, -0.1) is 0 Å². The predicted molar refractivity (Wildman–Crippen MR) is 101 cm³/mol. The van der Waals surface area contributed by atoms with Crippen molar-refractivity contribution in [2.75, 3.05) is 0 Å². The van der Waals surface area contributed by atoms with E-state index >= 15 is 0 Å². The highest BCUT2D eigenvalue weighted by Gasteiger charge is 2.12. The molecule has 0 bridgehead atoms. The summed E-state index contributed by atoms with van der Waals surface area (Å²) in [4.78, 5) is 3.55. The first-order valence-corrected chi connectivity index (χ1v) is 8.13. The van der Waals surface area contributed by atoms with Crippen molar-refractivity contribution < 1.29 is 4.42 Å². The molecule has 0 amide bonds. The second kappa shape index (κ2) is 4.18. The van der Waals surface area contributed by atoms with Gasteiger partial charge in [-0.2, -0.15) is 0 Å². The maximum Gasteiger partial charge on any atom is 0.137 e. The van der Waals surface area contributed by atoms with E-state index < -0.39 is 0 Å². The zero-order valence-electron chi connectivity index (χ0n) is 12.8. The maximum atomic E-state index is 6.02. The van der Waals surface area contributed by atoms with Crippen LogP contribution in [0.15, 0.2) is 77.2 Å². The number of benzene rings is 4. The molecule has 2 heteroatoms. The number of aromatic nitrogens is 1. The van der Waals surface area contributed by atoms with Crippen LogP contribution in [0.3, 0.4) is 0 Å². The molecule has 4 aromatic carbocycles. The van der Waals surface area contributed by atoms with Crippen molar-refractivity contribution >= 4 is 54.5 Å². The summed E-state index contributed by atoms with van der Waals surface area (Å²) in [7, 11) is 0. The fourth-order valence-electron chi connectivity index (χ4n) is 3.89. The molecule has 0 spiro atoms. The Kier molecular flexibility index (Phi) is 2.12. The number of para-hydroxylation sites is 1. The third-order valence-electron chi connectivity index (χ3n) is 4.98. The Morgan fingerprint density at radius 2 is 1.42 bits per heavy atom. The summed E-state index contributed by atoms with van der Waals surface area (Å²) in [6.07, 6.45) is 0. The summed E-state index contributed by atoms with van der Waals surface area (Å²) in [6, 6.07) is 25.5. The molecule has 0 aliphatic heterocycles. The van der Waals surface area contributed by atoms with Gasteiger partial charge in [-0.25, -0.2) is 0 Å². The summed E-state index contributed by atoms with van der Waals surface area (Å²) < 4.78 is 6.02. The van der Waals surface area contributed by atoms with Crippen LogP contribution in [0.1, 0.15) is 0 Å². The zero-order chi connectivity index (χ0) is 15.7. The first kappa shape index (κ1) is 12.2. The van der Waals surface area contributed by atoms with Gasteiger partial charge in [-0.3, -0.25) is 0 Å². The van der Waals surface area contributed by atoms with E-state index in [0.29, 0.717) is 0 Å². The Bertz CT molecular complexity index is 1400. The molecular formula is C22H13NO. The summed E-state index contributed by atoms with van der Waals surface area (Å²) in [5, 5.41) is 7.43. The lowest BCUT2D eigenvalue weighted by atomic mass is 10.0. The highest BCUT2D eigenvalue weighted by molar-refractivity contribution is 6.23. The molecule has 0 unspecified atom stereocenters. The summed E-state index contributed by atoms with van der Waals surface area (Å²) in [5.74, 6) is 0. The van der Waals surface area contributed by atoms with Gasteiger partial charge in [0.25, 0.3) is 0 Å². The molecule has 112 valence electrons. The fraction of sp³-hybridized carbons (Fsp3) is 0. The van der Waals surface area contributed by atoms with Crippen LogP contribution in [0.2, 0.25) is 0 Å². The fourth-order valence-corrected chi connectivity index (χ4v) is 3.89. The van der Waals surface area contributed by atoms with E-state index in [-0.39, 0.29) is 0 Å². The first-order valence-electron chi connectivity index (χ1n) is 8.13. The topological polar surface area (TPSA) is 28.9 Å². The van der Waals surface area contributed by atoms with Crippen LogP contribution in [0.4, 0.5) is 0 Å². The Balaban J connectivity index is 1.89. The van der Waals surface area contributed by atoms with Gasteiger partial charge >= 0.3 is 0 Å². The lowest BCUT2D eigenvalue weighted by molar-refractivity contribution is 0.669. The number of fused-ring (bicyclic) bond motifs is 8. The number of hydrogen-bond acceptors (Lipinski definition) is 1. The van der Waals surface area contributed by atoms with Crippen molar-refractivity contribution in [3.05, 3.63) is 72.8 Å². The molecule has 0 aliphatic rings. The average molecular weight is 307 g/mol. The number of H-pyrrole nitrogens is 1. The van der Waals surface area contributed by atoms with Crippen LogP contribution in [-0.2, 0) is 0 Å². The lowest BCUT2D eigenvalue weighted by Crippen LogP contribution is -1.74. The van der Waals surface area contributed by atoms with Gasteiger partial charge < -0.3 is 9.40 Å². The van der Waals surface area contributed by atoms with Gasteiger partial charge in [0.05, 0.1) is 5.52 Å². The molecule has 1 N–H and O–H groups in total. The van der Waals surface area contributed by atoms with E-state index in [4.69, 9.17) is 4.42 Å². The minimum absolute atomic E-state index is 0.930. The Morgan fingerprint density at radius 3 is 2.38 bits per heavy atom. The molecule has 0 fully saturated rings. The predicted octanol–water partition coefficient (Wildman–Crippen LogP) is 6.37. The molecule has 0 aliphatic carbocycles. The second-order valence-corrected chi connectivity index (χ2v) is 6.33.